The minimum Gasteiger partial charge on any atom is -0.356 e. The van der Waals surface area contributed by atoms with Gasteiger partial charge in [0.2, 0.25) is 5.91 Å². The van der Waals surface area contributed by atoms with Crippen LogP contribution in [0.3, 0.4) is 0 Å². The average Bonchev–Trinajstić information content (AvgIpc) is 2.79. The van der Waals surface area contributed by atoms with Crippen LogP contribution in [-0.2, 0) is 11.2 Å². The summed E-state index contributed by atoms with van der Waals surface area (Å²) < 4.78 is 0. The lowest BCUT2D eigenvalue weighted by Gasteiger charge is -2.12. The van der Waals surface area contributed by atoms with E-state index in [1.54, 1.807) is 12.1 Å². The highest BCUT2D eigenvalue weighted by Crippen LogP contribution is 2.25. The molecule has 0 aromatic heterocycles. The molecule has 1 fully saturated rings. The number of hydrogen-bond acceptors (Lipinski definition) is 2. The van der Waals surface area contributed by atoms with Crippen molar-refractivity contribution in [1.29, 1.82) is 0 Å². The quantitative estimate of drug-likeness (QED) is 0.886. The second-order valence-electron chi connectivity index (χ2n) is 5.01. The first-order valence-electron chi connectivity index (χ1n) is 6.54. The van der Waals surface area contributed by atoms with Gasteiger partial charge in [-0.25, -0.2) is 0 Å². The molecule has 1 aliphatic rings. The third-order valence-electron chi connectivity index (χ3n) is 3.58. The maximum Gasteiger partial charge on any atom is 0.223 e. The van der Waals surface area contributed by atoms with E-state index in [1.165, 1.54) is 0 Å². The van der Waals surface area contributed by atoms with Crippen LogP contribution in [0.15, 0.2) is 18.2 Å². The van der Waals surface area contributed by atoms with Gasteiger partial charge in [-0.05, 0) is 43.4 Å². The molecule has 6 heteroatoms. The Morgan fingerprint density at radius 2 is 1.95 bits per heavy atom. The van der Waals surface area contributed by atoms with Gasteiger partial charge >= 0.3 is 0 Å². The zero-order valence-corrected chi connectivity index (χ0v) is 13.4. The third kappa shape index (κ3) is 4.52. The summed E-state index contributed by atoms with van der Waals surface area (Å²) in [7, 11) is 0. The second-order valence-corrected chi connectivity index (χ2v) is 5.83. The predicted molar refractivity (Wildman–Crippen MR) is 85.7 cm³/mol. The molecule has 2 atom stereocenters. The number of hydrogen-bond donors (Lipinski definition) is 2. The molecular weight excluding hydrogens is 319 g/mol. The van der Waals surface area contributed by atoms with E-state index in [4.69, 9.17) is 28.9 Å². The van der Waals surface area contributed by atoms with Crippen molar-refractivity contribution in [2.24, 2.45) is 11.7 Å². The van der Waals surface area contributed by atoms with Gasteiger partial charge in [0.1, 0.15) is 0 Å². The van der Waals surface area contributed by atoms with E-state index in [9.17, 15) is 4.79 Å². The summed E-state index contributed by atoms with van der Waals surface area (Å²) in [5.74, 6) is 0.160. The Labute approximate surface area is 135 Å². The summed E-state index contributed by atoms with van der Waals surface area (Å²) >= 11 is 12.2. The molecule has 1 aromatic rings. The molecule has 0 aliphatic heterocycles. The van der Waals surface area contributed by atoms with Gasteiger partial charge in [0.15, 0.2) is 0 Å². The summed E-state index contributed by atoms with van der Waals surface area (Å²) in [5.41, 5.74) is 6.69. The molecule has 0 saturated heterocycles. The average molecular weight is 338 g/mol. The summed E-state index contributed by atoms with van der Waals surface area (Å²) in [6, 6.07) is 5.60. The van der Waals surface area contributed by atoms with Gasteiger partial charge in [-0.2, -0.15) is 0 Å². The van der Waals surface area contributed by atoms with Crippen molar-refractivity contribution in [2.75, 3.05) is 6.54 Å². The Morgan fingerprint density at radius 3 is 2.50 bits per heavy atom. The van der Waals surface area contributed by atoms with E-state index in [2.05, 4.69) is 5.32 Å². The maximum absolute atomic E-state index is 11.9. The van der Waals surface area contributed by atoms with Crippen LogP contribution < -0.4 is 11.1 Å². The van der Waals surface area contributed by atoms with E-state index in [0.717, 1.165) is 24.8 Å². The Hall–Kier alpha value is -0.480. The smallest absolute Gasteiger partial charge is 0.223 e. The third-order valence-corrected chi connectivity index (χ3v) is 4.29. The monoisotopic (exact) mass is 336 g/mol. The lowest BCUT2D eigenvalue weighted by molar-refractivity contribution is -0.124. The summed E-state index contributed by atoms with van der Waals surface area (Å²) in [4.78, 5) is 11.9. The van der Waals surface area contributed by atoms with Crippen LogP contribution in [0.5, 0.6) is 0 Å². The number of carbonyl (C=O) groups is 1. The fraction of sp³-hybridized carbons (Fsp3) is 0.500. The summed E-state index contributed by atoms with van der Waals surface area (Å²) in [5, 5.41) is 4.22. The van der Waals surface area contributed by atoms with E-state index >= 15 is 0 Å². The fourth-order valence-corrected chi connectivity index (χ4v) is 3.07. The standard InChI is InChI=1S/C14H18Cl2N2O.ClH/c15-12-2-1-3-13(16)11(12)6-7-18-14(19)9-4-5-10(17)8-9;/h1-3,9-10H,4-8,17H2,(H,18,19);1H. The molecule has 1 aliphatic carbocycles. The van der Waals surface area contributed by atoms with Crippen molar-refractivity contribution < 1.29 is 4.79 Å². The Balaban J connectivity index is 0.00000200. The molecule has 0 radical (unpaired) electrons. The van der Waals surface area contributed by atoms with Gasteiger partial charge in [-0.1, -0.05) is 29.3 Å². The summed E-state index contributed by atoms with van der Waals surface area (Å²) in [6.07, 6.45) is 3.26. The minimum absolute atomic E-state index is 0. The Morgan fingerprint density at radius 1 is 1.30 bits per heavy atom. The number of benzene rings is 1. The van der Waals surface area contributed by atoms with Crippen molar-refractivity contribution in [1.82, 2.24) is 5.32 Å². The zero-order valence-electron chi connectivity index (χ0n) is 11.1. The van der Waals surface area contributed by atoms with Crippen molar-refractivity contribution >= 4 is 41.5 Å². The van der Waals surface area contributed by atoms with Gasteiger partial charge in [-0.15, -0.1) is 12.4 Å². The highest BCUT2D eigenvalue weighted by molar-refractivity contribution is 6.35. The van der Waals surface area contributed by atoms with E-state index in [-0.39, 0.29) is 30.3 Å². The van der Waals surface area contributed by atoms with Crippen LogP contribution in [0.25, 0.3) is 0 Å². The van der Waals surface area contributed by atoms with Crippen molar-refractivity contribution in [2.45, 2.75) is 31.7 Å². The Kier molecular flexibility index (Phi) is 7.10. The van der Waals surface area contributed by atoms with Gasteiger partial charge < -0.3 is 11.1 Å². The molecule has 2 unspecified atom stereocenters. The van der Waals surface area contributed by atoms with Crippen LogP contribution in [0.2, 0.25) is 10.0 Å². The molecular formula is C14H19Cl3N2O. The van der Waals surface area contributed by atoms with E-state index in [0.29, 0.717) is 23.0 Å². The number of carbonyl (C=O) groups excluding carboxylic acids is 1. The van der Waals surface area contributed by atoms with Gasteiger partial charge in [0.05, 0.1) is 0 Å². The number of rotatable bonds is 4. The highest BCUT2D eigenvalue weighted by Gasteiger charge is 2.27. The number of amides is 1. The highest BCUT2D eigenvalue weighted by atomic mass is 35.5. The Bertz CT molecular complexity index is 447. The molecule has 1 amide bonds. The number of halogens is 3. The van der Waals surface area contributed by atoms with Crippen molar-refractivity contribution in [3.63, 3.8) is 0 Å². The normalized spacial score (nSPS) is 21.4. The molecule has 1 saturated carbocycles. The first-order valence-corrected chi connectivity index (χ1v) is 7.29. The molecule has 0 bridgehead atoms. The lowest BCUT2D eigenvalue weighted by Crippen LogP contribution is -2.32. The molecule has 20 heavy (non-hydrogen) atoms. The van der Waals surface area contributed by atoms with Gasteiger partial charge in [0.25, 0.3) is 0 Å². The van der Waals surface area contributed by atoms with E-state index < -0.39 is 0 Å². The SMILES string of the molecule is Cl.NC1CCC(C(=O)NCCc2c(Cl)cccc2Cl)C1. The molecule has 0 spiro atoms. The van der Waals surface area contributed by atoms with Crippen LogP contribution in [0, 0.1) is 5.92 Å². The molecule has 2 rings (SSSR count). The molecule has 3 N–H and O–H groups in total. The minimum atomic E-state index is 0. The molecule has 1 aromatic carbocycles. The fourth-order valence-electron chi connectivity index (χ4n) is 2.48. The van der Waals surface area contributed by atoms with Crippen LogP contribution in [0.1, 0.15) is 24.8 Å². The zero-order chi connectivity index (χ0) is 13.8. The largest absolute Gasteiger partial charge is 0.356 e. The first-order chi connectivity index (χ1) is 9.08. The van der Waals surface area contributed by atoms with Crippen LogP contribution in [-0.4, -0.2) is 18.5 Å². The molecule has 3 nitrogen and oxygen atoms in total. The number of nitrogens with one attached hydrogen (secondary N) is 1. The first kappa shape index (κ1) is 17.6. The summed E-state index contributed by atoms with van der Waals surface area (Å²) in [6.45, 7) is 0.550. The van der Waals surface area contributed by atoms with Gasteiger partial charge in [0, 0.05) is 28.5 Å². The molecule has 0 heterocycles. The maximum atomic E-state index is 11.9. The number of nitrogens with two attached hydrogens (primary N) is 1. The molecule has 112 valence electrons. The van der Waals surface area contributed by atoms with Crippen molar-refractivity contribution in [3.05, 3.63) is 33.8 Å². The van der Waals surface area contributed by atoms with Gasteiger partial charge in [-0.3, -0.25) is 4.79 Å². The topological polar surface area (TPSA) is 55.1 Å². The van der Waals surface area contributed by atoms with Crippen LogP contribution >= 0.6 is 35.6 Å². The van der Waals surface area contributed by atoms with Crippen LogP contribution in [0.4, 0.5) is 0 Å². The second kappa shape index (κ2) is 8.08. The lowest BCUT2D eigenvalue weighted by atomic mass is 10.1. The van der Waals surface area contributed by atoms with Crippen molar-refractivity contribution in [3.8, 4) is 0 Å². The predicted octanol–water partition coefficient (Wildman–Crippen LogP) is 3.20. The van der Waals surface area contributed by atoms with E-state index in [1.807, 2.05) is 6.07 Å².